The molecule has 1 aliphatic heterocycles. The molecule has 0 spiro atoms. The van der Waals surface area contributed by atoms with E-state index in [2.05, 4.69) is 4.98 Å². The van der Waals surface area contributed by atoms with Crippen LogP contribution in [-0.2, 0) is 11.3 Å². The molecule has 0 bridgehead atoms. The fourth-order valence-electron chi connectivity index (χ4n) is 3.09. The average Bonchev–Trinajstić information content (AvgIpc) is 3.22. The Morgan fingerprint density at radius 3 is 2.81 bits per heavy atom. The highest BCUT2D eigenvalue weighted by molar-refractivity contribution is 7.13. The van der Waals surface area contributed by atoms with Crippen molar-refractivity contribution in [2.75, 3.05) is 20.2 Å². The number of halogens is 3. The fourth-order valence-corrected chi connectivity index (χ4v) is 3.90. The second-order valence-electron chi connectivity index (χ2n) is 6.16. The molecule has 0 unspecified atom stereocenters. The van der Waals surface area contributed by atoms with Gasteiger partial charge in [-0.25, -0.2) is 4.98 Å². The first-order valence-corrected chi connectivity index (χ1v) is 8.76. The topological polar surface area (TPSA) is 62.7 Å². The number of carboxylic acid groups (broad SMARTS) is 1. The zero-order valence-electron chi connectivity index (χ0n) is 13.9. The van der Waals surface area contributed by atoms with Crippen LogP contribution in [0.5, 0.6) is 5.75 Å². The van der Waals surface area contributed by atoms with E-state index in [0.29, 0.717) is 11.4 Å². The van der Waals surface area contributed by atoms with Crippen LogP contribution >= 0.6 is 11.3 Å². The van der Waals surface area contributed by atoms with E-state index in [1.54, 1.807) is 12.5 Å². The van der Waals surface area contributed by atoms with Gasteiger partial charge in [0.05, 0.1) is 24.6 Å². The summed E-state index contributed by atoms with van der Waals surface area (Å²) in [4.78, 5) is 17.1. The van der Waals surface area contributed by atoms with Gasteiger partial charge in [0.15, 0.2) is 0 Å². The highest BCUT2D eigenvalue weighted by Gasteiger charge is 2.52. The average molecular weight is 386 g/mol. The number of hydrogen-bond acceptors (Lipinski definition) is 5. The normalized spacial score (nSPS) is 21.1. The lowest BCUT2D eigenvalue weighted by molar-refractivity contribution is -0.188. The van der Waals surface area contributed by atoms with Crippen molar-refractivity contribution in [2.45, 2.75) is 12.7 Å². The number of likely N-dealkylation sites (tertiary alicyclic amines) is 1. The van der Waals surface area contributed by atoms with Gasteiger partial charge in [-0.2, -0.15) is 13.2 Å². The zero-order valence-corrected chi connectivity index (χ0v) is 14.7. The molecule has 0 saturated carbocycles. The van der Waals surface area contributed by atoms with Crippen LogP contribution in [0, 0.1) is 11.8 Å². The number of ether oxygens (including phenoxy) is 1. The van der Waals surface area contributed by atoms with Gasteiger partial charge in [0, 0.05) is 30.6 Å². The van der Waals surface area contributed by atoms with Crippen LogP contribution in [-0.4, -0.2) is 47.3 Å². The van der Waals surface area contributed by atoms with Crippen LogP contribution in [0.1, 0.15) is 5.69 Å². The molecule has 1 aliphatic rings. The lowest BCUT2D eigenvalue weighted by atomic mass is 9.96. The maximum atomic E-state index is 13.1. The molecule has 2 aromatic rings. The van der Waals surface area contributed by atoms with Crippen LogP contribution in [0.25, 0.3) is 10.6 Å². The molecular weight excluding hydrogens is 369 g/mol. The van der Waals surface area contributed by atoms with Gasteiger partial charge in [-0.15, -0.1) is 11.3 Å². The summed E-state index contributed by atoms with van der Waals surface area (Å²) >= 11 is 1.39. The summed E-state index contributed by atoms with van der Waals surface area (Å²) in [5, 5.41) is 11.6. The minimum Gasteiger partial charge on any atom is -0.497 e. The predicted octanol–water partition coefficient (Wildman–Crippen LogP) is 3.51. The van der Waals surface area contributed by atoms with Crippen molar-refractivity contribution in [3.63, 3.8) is 0 Å². The molecule has 0 aliphatic carbocycles. The SMILES string of the molecule is COc1cccc(-c2nc(CN3C[C@@H](C(F)(F)F)[C@H](C(=O)O)C3)cs2)c1. The quantitative estimate of drug-likeness (QED) is 0.852. The van der Waals surface area contributed by atoms with Gasteiger partial charge < -0.3 is 9.84 Å². The number of thiazole rings is 1. The minimum absolute atomic E-state index is 0.133. The number of benzene rings is 1. The Morgan fingerprint density at radius 2 is 2.19 bits per heavy atom. The Kier molecular flexibility index (Phi) is 5.19. The molecule has 2 atom stereocenters. The van der Waals surface area contributed by atoms with Crippen molar-refractivity contribution in [2.24, 2.45) is 11.8 Å². The van der Waals surface area contributed by atoms with Crippen molar-refractivity contribution in [3.8, 4) is 16.3 Å². The first-order chi connectivity index (χ1) is 12.3. The van der Waals surface area contributed by atoms with E-state index in [1.807, 2.05) is 24.3 Å². The van der Waals surface area contributed by atoms with Crippen LogP contribution in [0.4, 0.5) is 13.2 Å². The molecule has 1 aromatic carbocycles. The zero-order chi connectivity index (χ0) is 18.9. The van der Waals surface area contributed by atoms with Crippen molar-refractivity contribution in [1.29, 1.82) is 0 Å². The molecule has 5 nitrogen and oxygen atoms in total. The maximum absolute atomic E-state index is 13.1. The number of aliphatic carboxylic acids is 1. The summed E-state index contributed by atoms with van der Waals surface area (Å²) in [6.45, 7) is -0.269. The lowest BCUT2D eigenvalue weighted by Gasteiger charge is -2.18. The Morgan fingerprint density at radius 1 is 1.42 bits per heavy atom. The van der Waals surface area contributed by atoms with Crippen molar-refractivity contribution in [1.82, 2.24) is 9.88 Å². The third-order valence-corrected chi connectivity index (χ3v) is 5.33. The number of aromatic nitrogens is 1. The van der Waals surface area contributed by atoms with Crippen LogP contribution < -0.4 is 4.74 Å². The molecule has 1 N–H and O–H groups in total. The van der Waals surface area contributed by atoms with E-state index in [9.17, 15) is 18.0 Å². The lowest BCUT2D eigenvalue weighted by Crippen LogP contribution is -2.33. The Hall–Kier alpha value is -2.13. The highest BCUT2D eigenvalue weighted by Crippen LogP contribution is 2.38. The second-order valence-corrected chi connectivity index (χ2v) is 7.02. The summed E-state index contributed by atoms with van der Waals surface area (Å²) in [5.74, 6) is -4.01. The predicted molar refractivity (Wildman–Crippen MR) is 90.0 cm³/mol. The Bertz CT molecular complexity index is 794. The molecule has 3 rings (SSSR count). The molecule has 1 saturated heterocycles. The Balaban J connectivity index is 1.72. The number of alkyl halides is 3. The largest absolute Gasteiger partial charge is 0.497 e. The first kappa shape index (κ1) is 18.7. The van der Waals surface area contributed by atoms with Crippen molar-refractivity contribution in [3.05, 3.63) is 35.3 Å². The van der Waals surface area contributed by atoms with E-state index in [1.165, 1.54) is 16.2 Å². The van der Waals surface area contributed by atoms with Gasteiger partial charge in [-0.1, -0.05) is 12.1 Å². The number of carbonyl (C=O) groups is 1. The van der Waals surface area contributed by atoms with Crippen LogP contribution in [0.15, 0.2) is 29.6 Å². The molecule has 26 heavy (non-hydrogen) atoms. The van der Waals surface area contributed by atoms with Gasteiger partial charge >= 0.3 is 12.1 Å². The second kappa shape index (κ2) is 7.24. The van der Waals surface area contributed by atoms with Gasteiger partial charge in [-0.05, 0) is 12.1 Å². The minimum atomic E-state index is -4.52. The van der Waals surface area contributed by atoms with E-state index < -0.39 is 24.0 Å². The molecule has 0 amide bonds. The Labute approximate surface area is 152 Å². The number of nitrogens with zero attached hydrogens (tertiary/aromatic N) is 2. The smallest absolute Gasteiger partial charge is 0.393 e. The summed E-state index contributed by atoms with van der Waals surface area (Å²) in [7, 11) is 1.57. The number of carboxylic acids is 1. The van der Waals surface area contributed by atoms with Crippen LogP contribution in [0.2, 0.25) is 0 Å². The summed E-state index contributed by atoms with van der Waals surface area (Å²) in [6, 6.07) is 7.35. The van der Waals surface area contributed by atoms with E-state index in [4.69, 9.17) is 9.84 Å². The highest BCUT2D eigenvalue weighted by atomic mass is 32.1. The van der Waals surface area contributed by atoms with E-state index in [0.717, 1.165) is 10.6 Å². The molecule has 1 fully saturated rings. The number of rotatable bonds is 5. The van der Waals surface area contributed by atoms with E-state index >= 15 is 0 Å². The molecule has 9 heteroatoms. The first-order valence-electron chi connectivity index (χ1n) is 7.88. The monoisotopic (exact) mass is 386 g/mol. The third kappa shape index (κ3) is 3.99. The summed E-state index contributed by atoms with van der Waals surface area (Å²) in [5.41, 5.74) is 1.48. The van der Waals surface area contributed by atoms with Crippen molar-refractivity contribution >= 4 is 17.3 Å². The number of methoxy groups -OCH3 is 1. The van der Waals surface area contributed by atoms with Gasteiger partial charge in [0.2, 0.25) is 0 Å². The molecule has 140 valence electrons. The summed E-state index contributed by atoms with van der Waals surface area (Å²) < 4.78 is 44.4. The van der Waals surface area contributed by atoms with Gasteiger partial charge in [0.1, 0.15) is 10.8 Å². The third-order valence-electron chi connectivity index (χ3n) is 4.39. The summed E-state index contributed by atoms with van der Waals surface area (Å²) in [6.07, 6.45) is -4.52. The molecular formula is C17H17F3N2O3S. The molecule has 1 aromatic heterocycles. The van der Waals surface area contributed by atoms with Crippen LogP contribution in [0.3, 0.4) is 0 Å². The van der Waals surface area contributed by atoms with Gasteiger partial charge in [0.25, 0.3) is 0 Å². The van der Waals surface area contributed by atoms with E-state index in [-0.39, 0.29) is 19.6 Å². The van der Waals surface area contributed by atoms with Gasteiger partial charge in [-0.3, -0.25) is 9.69 Å². The maximum Gasteiger partial charge on any atom is 0.393 e. The molecule has 0 radical (unpaired) electrons. The van der Waals surface area contributed by atoms with Crippen molar-refractivity contribution < 1.29 is 27.8 Å². The standard InChI is InChI=1S/C17H17F3N2O3S/c1-25-12-4-2-3-10(5-12)15-21-11(9-26-15)6-22-7-13(16(23)24)14(8-22)17(18,19)20/h2-5,9,13-14H,6-8H2,1H3,(H,23,24)/t13-,14-/m1/s1. The fraction of sp³-hybridized carbons (Fsp3) is 0.412. The molecule has 2 heterocycles. The number of hydrogen-bond donors (Lipinski definition) is 1.